The number of nitrogens with one attached hydrogen (secondary N) is 1. The lowest BCUT2D eigenvalue weighted by Crippen LogP contribution is -2.39. The summed E-state index contributed by atoms with van der Waals surface area (Å²) in [5, 5.41) is 3.44. The van der Waals surface area contributed by atoms with Crippen LogP contribution in [0.1, 0.15) is 58.2 Å². The fourth-order valence-corrected chi connectivity index (χ4v) is 2.95. The molecule has 2 heterocycles. The van der Waals surface area contributed by atoms with Gasteiger partial charge in [0.2, 0.25) is 0 Å². The Labute approximate surface area is 128 Å². The van der Waals surface area contributed by atoms with Crippen molar-refractivity contribution < 1.29 is 0 Å². The van der Waals surface area contributed by atoms with Crippen molar-refractivity contribution in [1.29, 1.82) is 0 Å². The third-order valence-corrected chi connectivity index (χ3v) is 4.89. The van der Waals surface area contributed by atoms with Crippen molar-refractivity contribution in [3.05, 3.63) is 11.9 Å². The summed E-state index contributed by atoms with van der Waals surface area (Å²) in [6.07, 6.45) is 4.90. The van der Waals surface area contributed by atoms with Gasteiger partial charge in [-0.15, -0.1) is 0 Å². The second-order valence-electron chi connectivity index (χ2n) is 6.86. The molecule has 4 nitrogen and oxygen atoms in total. The largest absolute Gasteiger partial charge is 0.370 e. The fourth-order valence-electron chi connectivity index (χ4n) is 2.95. The van der Waals surface area contributed by atoms with E-state index in [2.05, 4.69) is 37.1 Å². The smallest absolute Gasteiger partial charge is 0.136 e. The molecule has 0 spiro atoms. The lowest BCUT2D eigenvalue weighted by atomic mass is 9.89. The number of aromatic nitrogens is 2. The van der Waals surface area contributed by atoms with Gasteiger partial charge < -0.3 is 10.2 Å². The molecular weight excluding hydrogens is 260 g/mol. The Morgan fingerprint density at radius 3 is 2.67 bits per heavy atom. The third kappa shape index (κ3) is 3.47. The van der Waals surface area contributed by atoms with E-state index in [9.17, 15) is 0 Å². The van der Waals surface area contributed by atoms with Gasteiger partial charge in [-0.1, -0.05) is 20.8 Å². The van der Waals surface area contributed by atoms with Gasteiger partial charge >= 0.3 is 0 Å². The van der Waals surface area contributed by atoms with Gasteiger partial charge in [0.05, 0.1) is 0 Å². The van der Waals surface area contributed by atoms with Crippen LogP contribution in [0.5, 0.6) is 0 Å². The predicted octanol–water partition coefficient (Wildman–Crippen LogP) is 3.66. The molecule has 1 aliphatic carbocycles. The Kier molecular flexibility index (Phi) is 4.32. The maximum atomic E-state index is 4.86. The zero-order valence-corrected chi connectivity index (χ0v) is 13.6. The Bertz CT molecular complexity index is 484. The molecule has 21 heavy (non-hydrogen) atoms. The van der Waals surface area contributed by atoms with Crippen molar-refractivity contribution in [1.82, 2.24) is 9.97 Å². The monoisotopic (exact) mass is 288 g/mol. The molecule has 0 bridgehead atoms. The van der Waals surface area contributed by atoms with Gasteiger partial charge in [-0.3, -0.25) is 0 Å². The van der Waals surface area contributed by atoms with Gasteiger partial charge in [0, 0.05) is 31.6 Å². The molecule has 1 aliphatic heterocycles. The average Bonchev–Trinajstić information content (AvgIpc) is 3.32. The zero-order chi connectivity index (χ0) is 14.8. The highest BCUT2D eigenvalue weighted by molar-refractivity contribution is 5.50. The van der Waals surface area contributed by atoms with Crippen molar-refractivity contribution in [2.24, 2.45) is 11.8 Å². The Morgan fingerprint density at radius 1 is 1.19 bits per heavy atom. The lowest BCUT2D eigenvalue weighted by Gasteiger charge is -2.36. The number of piperidine rings is 1. The van der Waals surface area contributed by atoms with Crippen LogP contribution < -0.4 is 10.2 Å². The minimum Gasteiger partial charge on any atom is -0.370 e. The van der Waals surface area contributed by atoms with E-state index in [1.807, 2.05) is 0 Å². The lowest BCUT2D eigenvalue weighted by molar-refractivity contribution is 0.322. The second kappa shape index (κ2) is 6.20. The summed E-state index contributed by atoms with van der Waals surface area (Å²) in [7, 11) is 0. The van der Waals surface area contributed by atoms with Crippen LogP contribution in [0, 0.1) is 11.8 Å². The standard InChI is InChI=1S/C17H28N4/c1-4-8-18-15-10-16(20-17(19-15)14-5-6-14)21-9-7-12(2)13(3)11-21/h10,12-14H,4-9,11H2,1-3H3,(H,18,19,20). The Balaban J connectivity index is 1.81. The van der Waals surface area contributed by atoms with E-state index in [1.54, 1.807) is 0 Å². The van der Waals surface area contributed by atoms with Crippen LogP contribution in [0.3, 0.4) is 0 Å². The van der Waals surface area contributed by atoms with Gasteiger partial charge in [0.1, 0.15) is 17.5 Å². The molecule has 2 fully saturated rings. The SMILES string of the molecule is CCCNc1cc(N2CCC(C)C(C)C2)nc(C2CC2)n1. The molecule has 2 atom stereocenters. The number of hydrogen-bond acceptors (Lipinski definition) is 4. The van der Waals surface area contributed by atoms with E-state index in [0.29, 0.717) is 5.92 Å². The van der Waals surface area contributed by atoms with Crippen molar-refractivity contribution in [3.8, 4) is 0 Å². The summed E-state index contributed by atoms with van der Waals surface area (Å²) in [6.45, 7) is 10.1. The first-order chi connectivity index (χ1) is 10.2. The maximum absolute atomic E-state index is 4.86. The molecule has 3 rings (SSSR count). The van der Waals surface area contributed by atoms with Gasteiger partial charge in [0.25, 0.3) is 0 Å². The first-order valence-electron chi connectivity index (χ1n) is 8.55. The predicted molar refractivity (Wildman–Crippen MR) is 87.9 cm³/mol. The molecule has 0 amide bonds. The topological polar surface area (TPSA) is 41.0 Å². The third-order valence-electron chi connectivity index (χ3n) is 4.89. The first kappa shape index (κ1) is 14.6. The molecule has 116 valence electrons. The molecule has 0 radical (unpaired) electrons. The number of hydrogen-bond donors (Lipinski definition) is 1. The van der Waals surface area contributed by atoms with Crippen LogP contribution >= 0.6 is 0 Å². The summed E-state index contributed by atoms with van der Waals surface area (Å²) >= 11 is 0. The van der Waals surface area contributed by atoms with E-state index >= 15 is 0 Å². The van der Waals surface area contributed by atoms with Crippen LogP contribution in [0.4, 0.5) is 11.6 Å². The van der Waals surface area contributed by atoms with Gasteiger partial charge in [-0.25, -0.2) is 9.97 Å². The highest BCUT2D eigenvalue weighted by atomic mass is 15.2. The fraction of sp³-hybridized carbons (Fsp3) is 0.765. The molecule has 2 aliphatic rings. The Hall–Kier alpha value is -1.32. The number of rotatable bonds is 5. The van der Waals surface area contributed by atoms with E-state index in [0.717, 1.165) is 55.4 Å². The van der Waals surface area contributed by atoms with Crippen LogP contribution in [-0.4, -0.2) is 29.6 Å². The molecule has 2 unspecified atom stereocenters. The van der Waals surface area contributed by atoms with E-state index in [1.165, 1.54) is 19.3 Å². The van der Waals surface area contributed by atoms with Crippen LogP contribution in [0.25, 0.3) is 0 Å². The molecule has 1 saturated heterocycles. The highest BCUT2D eigenvalue weighted by Crippen LogP contribution is 2.39. The Morgan fingerprint density at radius 2 is 2.00 bits per heavy atom. The number of nitrogens with zero attached hydrogens (tertiary/aromatic N) is 3. The molecule has 1 N–H and O–H groups in total. The van der Waals surface area contributed by atoms with Crippen molar-refractivity contribution >= 4 is 11.6 Å². The minimum atomic E-state index is 0.605. The molecular formula is C17H28N4. The van der Waals surface area contributed by atoms with E-state index in [4.69, 9.17) is 9.97 Å². The molecule has 1 saturated carbocycles. The normalized spacial score (nSPS) is 26.0. The molecule has 1 aromatic heterocycles. The molecule has 4 heteroatoms. The second-order valence-corrected chi connectivity index (χ2v) is 6.86. The van der Waals surface area contributed by atoms with Crippen LogP contribution in [0.2, 0.25) is 0 Å². The van der Waals surface area contributed by atoms with Crippen molar-refractivity contribution in [2.45, 2.75) is 52.4 Å². The molecule has 0 aromatic carbocycles. The highest BCUT2D eigenvalue weighted by Gasteiger charge is 2.29. The summed E-state index contributed by atoms with van der Waals surface area (Å²) in [6, 6.07) is 2.14. The van der Waals surface area contributed by atoms with Crippen LogP contribution in [-0.2, 0) is 0 Å². The summed E-state index contributed by atoms with van der Waals surface area (Å²) in [5.41, 5.74) is 0. The maximum Gasteiger partial charge on any atom is 0.136 e. The van der Waals surface area contributed by atoms with Gasteiger partial charge in [0.15, 0.2) is 0 Å². The minimum absolute atomic E-state index is 0.605. The quantitative estimate of drug-likeness (QED) is 0.897. The summed E-state index contributed by atoms with van der Waals surface area (Å²) in [5.74, 6) is 5.36. The van der Waals surface area contributed by atoms with Gasteiger partial charge in [-0.2, -0.15) is 0 Å². The summed E-state index contributed by atoms with van der Waals surface area (Å²) in [4.78, 5) is 12.0. The van der Waals surface area contributed by atoms with Crippen LogP contribution in [0.15, 0.2) is 6.07 Å². The van der Waals surface area contributed by atoms with Crippen molar-refractivity contribution in [3.63, 3.8) is 0 Å². The zero-order valence-electron chi connectivity index (χ0n) is 13.6. The van der Waals surface area contributed by atoms with E-state index < -0.39 is 0 Å². The average molecular weight is 288 g/mol. The van der Waals surface area contributed by atoms with Crippen molar-refractivity contribution in [2.75, 3.05) is 29.9 Å². The van der Waals surface area contributed by atoms with E-state index in [-0.39, 0.29) is 0 Å². The first-order valence-corrected chi connectivity index (χ1v) is 8.55. The summed E-state index contributed by atoms with van der Waals surface area (Å²) < 4.78 is 0. The number of anilines is 2. The molecule has 1 aromatic rings. The van der Waals surface area contributed by atoms with Gasteiger partial charge in [-0.05, 0) is 37.5 Å².